The summed E-state index contributed by atoms with van der Waals surface area (Å²) < 4.78 is 38.2. The lowest BCUT2D eigenvalue weighted by Gasteiger charge is -2.26. The molecule has 1 aliphatic rings. The van der Waals surface area contributed by atoms with Crippen molar-refractivity contribution in [3.05, 3.63) is 46.1 Å². The second-order valence-electron chi connectivity index (χ2n) is 4.76. The fourth-order valence-corrected chi connectivity index (χ4v) is 2.70. The molecule has 0 aliphatic carbocycles. The number of ether oxygens (including phenoxy) is 1. The Labute approximate surface area is 134 Å². The lowest BCUT2D eigenvalue weighted by Crippen LogP contribution is -2.36. The van der Waals surface area contributed by atoms with Crippen molar-refractivity contribution in [2.45, 2.75) is 0 Å². The summed E-state index contributed by atoms with van der Waals surface area (Å²) in [7, 11) is 0. The van der Waals surface area contributed by atoms with Crippen LogP contribution in [0, 0.1) is 11.6 Å². The molecule has 2 aromatic rings. The van der Waals surface area contributed by atoms with Crippen LogP contribution in [-0.2, 0) is 4.74 Å². The maximum atomic E-state index is 13.5. The number of nitrogens with zero attached hydrogens (tertiary/aromatic N) is 2. The molecule has 0 amide bonds. The van der Waals surface area contributed by atoms with Gasteiger partial charge in [0.05, 0.1) is 29.6 Å². The molecule has 7 heteroatoms. The molecule has 1 aromatic carbocycles. The van der Waals surface area contributed by atoms with E-state index >= 15 is 0 Å². The molecule has 0 atom stereocenters. The van der Waals surface area contributed by atoms with Crippen molar-refractivity contribution < 1.29 is 17.9 Å². The Hall–Kier alpha value is -1.73. The first-order valence-corrected chi connectivity index (χ1v) is 7.54. The van der Waals surface area contributed by atoms with Crippen LogP contribution in [0.1, 0.15) is 5.76 Å². The van der Waals surface area contributed by atoms with Crippen LogP contribution in [0.25, 0.3) is 0 Å². The minimum atomic E-state index is -0.713. The van der Waals surface area contributed by atoms with Crippen molar-refractivity contribution in [3.63, 3.8) is 0 Å². The van der Waals surface area contributed by atoms with Crippen molar-refractivity contribution in [1.29, 1.82) is 0 Å². The molecule has 0 saturated carbocycles. The Morgan fingerprint density at radius 2 is 1.95 bits per heavy atom. The minimum Gasteiger partial charge on any atom is -0.438 e. The highest BCUT2D eigenvalue weighted by Crippen LogP contribution is 2.30. The Kier molecular flexibility index (Phi) is 4.54. The summed E-state index contributed by atoms with van der Waals surface area (Å²) in [4.78, 5) is 6.05. The monoisotopic (exact) mass is 370 g/mol. The normalized spacial score (nSPS) is 15.7. The molecule has 1 aromatic heterocycles. The molecule has 0 spiro atoms. The average Bonchev–Trinajstić information content (AvgIpc) is 2.88. The third-order valence-corrected chi connectivity index (χ3v) is 3.79. The second kappa shape index (κ2) is 6.58. The molecular formula is C15H13BrF2N2O2. The molecule has 22 heavy (non-hydrogen) atoms. The quantitative estimate of drug-likeness (QED) is 0.768. The van der Waals surface area contributed by atoms with Gasteiger partial charge < -0.3 is 14.1 Å². The number of rotatable bonds is 3. The van der Waals surface area contributed by atoms with Crippen molar-refractivity contribution in [3.8, 4) is 0 Å². The van der Waals surface area contributed by atoms with Gasteiger partial charge in [0.15, 0.2) is 5.82 Å². The number of halogens is 3. The zero-order valence-electron chi connectivity index (χ0n) is 11.6. The molecule has 0 N–H and O–H groups in total. The van der Waals surface area contributed by atoms with Crippen LogP contribution in [0.15, 0.2) is 38.1 Å². The summed E-state index contributed by atoms with van der Waals surface area (Å²) in [5.41, 5.74) is 0.0573. The first-order chi connectivity index (χ1) is 10.6. The summed E-state index contributed by atoms with van der Waals surface area (Å²) in [5, 5.41) is 0. The van der Waals surface area contributed by atoms with Gasteiger partial charge in [0, 0.05) is 25.2 Å². The first-order valence-electron chi connectivity index (χ1n) is 6.74. The van der Waals surface area contributed by atoms with Gasteiger partial charge in [-0.05, 0) is 28.1 Å². The van der Waals surface area contributed by atoms with Gasteiger partial charge in [-0.2, -0.15) is 0 Å². The van der Waals surface area contributed by atoms with Gasteiger partial charge in [0.25, 0.3) is 0 Å². The van der Waals surface area contributed by atoms with E-state index in [2.05, 4.69) is 25.8 Å². The van der Waals surface area contributed by atoms with Gasteiger partial charge in [0.1, 0.15) is 11.6 Å². The third kappa shape index (κ3) is 3.36. The minimum absolute atomic E-state index is 0.0573. The van der Waals surface area contributed by atoms with Crippen molar-refractivity contribution in [1.82, 2.24) is 0 Å². The van der Waals surface area contributed by atoms with Gasteiger partial charge in [-0.1, -0.05) is 0 Å². The van der Waals surface area contributed by atoms with E-state index in [0.717, 1.165) is 29.7 Å². The van der Waals surface area contributed by atoms with E-state index in [9.17, 15) is 8.78 Å². The van der Waals surface area contributed by atoms with Crippen LogP contribution in [0.4, 0.5) is 20.4 Å². The summed E-state index contributed by atoms with van der Waals surface area (Å²) >= 11 is 3.44. The topological polar surface area (TPSA) is 38.0 Å². The van der Waals surface area contributed by atoms with E-state index in [1.54, 1.807) is 6.07 Å². The molecule has 3 rings (SSSR count). The van der Waals surface area contributed by atoms with Crippen LogP contribution in [0.2, 0.25) is 0 Å². The average molecular weight is 371 g/mol. The molecule has 1 fully saturated rings. The van der Waals surface area contributed by atoms with Gasteiger partial charge in [-0.25, -0.2) is 13.8 Å². The molecule has 0 unspecified atom stereocenters. The van der Waals surface area contributed by atoms with Crippen LogP contribution >= 0.6 is 15.9 Å². The Morgan fingerprint density at radius 3 is 2.68 bits per heavy atom. The maximum absolute atomic E-state index is 13.5. The Morgan fingerprint density at radius 1 is 1.18 bits per heavy atom. The molecule has 2 heterocycles. The lowest BCUT2D eigenvalue weighted by molar-refractivity contribution is 0.120. The number of morpholine rings is 1. The van der Waals surface area contributed by atoms with Crippen LogP contribution in [-0.4, -0.2) is 32.5 Å². The molecule has 1 saturated heterocycles. The number of aliphatic imine (C=N–C) groups is 1. The van der Waals surface area contributed by atoms with E-state index < -0.39 is 11.6 Å². The van der Waals surface area contributed by atoms with Crippen molar-refractivity contribution in [2.75, 3.05) is 31.2 Å². The van der Waals surface area contributed by atoms with E-state index in [1.807, 2.05) is 0 Å². The lowest BCUT2D eigenvalue weighted by atomic mass is 10.3. The maximum Gasteiger partial charge on any atom is 0.210 e. The van der Waals surface area contributed by atoms with E-state index in [-0.39, 0.29) is 5.69 Å². The molecule has 1 aliphatic heterocycles. The molecule has 4 nitrogen and oxygen atoms in total. The van der Waals surface area contributed by atoms with E-state index in [0.29, 0.717) is 24.9 Å². The number of anilines is 1. The molecular weight excluding hydrogens is 358 g/mol. The van der Waals surface area contributed by atoms with Gasteiger partial charge in [-0.15, -0.1) is 0 Å². The summed E-state index contributed by atoms with van der Waals surface area (Å²) in [6.07, 6.45) is 1.41. The number of hydrogen-bond donors (Lipinski definition) is 0. The second-order valence-corrected chi connectivity index (χ2v) is 5.61. The predicted octanol–water partition coefficient (Wildman–Crippen LogP) is 3.91. The standard InChI is InChI=1S/C15H13BrF2N2O2/c16-12-8-11(22-15(12)20-3-5-21-6-4-20)9-19-14-2-1-10(17)7-13(14)18/h1-2,7-9H,3-6H2. The Balaban J connectivity index is 1.79. The van der Waals surface area contributed by atoms with Gasteiger partial charge in [-0.3, -0.25) is 0 Å². The van der Waals surface area contributed by atoms with Crippen molar-refractivity contribution in [2.24, 2.45) is 4.99 Å². The SMILES string of the molecule is Fc1ccc(N=Cc2cc(Br)c(N3CCOCC3)o2)c(F)c1. The zero-order chi connectivity index (χ0) is 15.5. The summed E-state index contributed by atoms with van der Waals surface area (Å²) in [6.45, 7) is 2.79. The smallest absolute Gasteiger partial charge is 0.210 e. The van der Waals surface area contributed by atoms with Crippen LogP contribution in [0.5, 0.6) is 0 Å². The van der Waals surface area contributed by atoms with E-state index in [1.165, 1.54) is 12.3 Å². The molecule has 116 valence electrons. The number of benzene rings is 1. The highest BCUT2D eigenvalue weighted by molar-refractivity contribution is 9.10. The highest BCUT2D eigenvalue weighted by Gasteiger charge is 2.18. The molecule has 0 radical (unpaired) electrons. The fourth-order valence-electron chi connectivity index (χ4n) is 2.14. The summed E-state index contributed by atoms with van der Waals surface area (Å²) in [6, 6.07) is 4.99. The first kappa shape index (κ1) is 15.2. The number of hydrogen-bond acceptors (Lipinski definition) is 4. The Bertz CT molecular complexity index is 697. The number of furan rings is 1. The van der Waals surface area contributed by atoms with Crippen molar-refractivity contribution >= 4 is 33.7 Å². The highest BCUT2D eigenvalue weighted by atomic mass is 79.9. The largest absolute Gasteiger partial charge is 0.438 e. The molecule has 0 bridgehead atoms. The van der Waals surface area contributed by atoms with Gasteiger partial charge in [0.2, 0.25) is 5.88 Å². The zero-order valence-corrected chi connectivity index (χ0v) is 13.1. The van der Waals surface area contributed by atoms with Gasteiger partial charge >= 0.3 is 0 Å². The van der Waals surface area contributed by atoms with Crippen LogP contribution < -0.4 is 4.90 Å². The third-order valence-electron chi connectivity index (χ3n) is 3.23. The van der Waals surface area contributed by atoms with Crippen LogP contribution in [0.3, 0.4) is 0 Å². The van der Waals surface area contributed by atoms with E-state index in [4.69, 9.17) is 9.15 Å². The summed E-state index contributed by atoms with van der Waals surface area (Å²) in [5.74, 6) is -0.163. The predicted molar refractivity (Wildman–Crippen MR) is 83.1 cm³/mol. The fraction of sp³-hybridized carbons (Fsp3) is 0.267.